The summed E-state index contributed by atoms with van der Waals surface area (Å²) < 4.78 is 2.30. The third kappa shape index (κ3) is 3.90. The molecule has 0 atom stereocenters. The molecular formula is C21H27N7O. The quantitative estimate of drug-likeness (QED) is 0.612. The van der Waals surface area contributed by atoms with Gasteiger partial charge in [0.1, 0.15) is 17.0 Å². The number of carbonyl (C=O) groups is 1. The van der Waals surface area contributed by atoms with E-state index >= 15 is 0 Å². The first-order valence-corrected chi connectivity index (χ1v) is 10.3. The maximum Gasteiger partial charge on any atom is 0.315 e. The molecule has 29 heavy (non-hydrogen) atoms. The van der Waals surface area contributed by atoms with Gasteiger partial charge in [0, 0.05) is 30.1 Å². The lowest BCUT2D eigenvalue weighted by Crippen LogP contribution is -2.39. The van der Waals surface area contributed by atoms with E-state index in [9.17, 15) is 4.79 Å². The fraction of sp³-hybridized carbons (Fsp3) is 0.524. The van der Waals surface area contributed by atoms with Gasteiger partial charge in [0.2, 0.25) is 0 Å². The summed E-state index contributed by atoms with van der Waals surface area (Å²) in [5.74, 6) is 1.33. The number of nitrogens with one attached hydrogen (secondary N) is 3. The van der Waals surface area contributed by atoms with Crippen LogP contribution in [0, 0.1) is 17.2 Å². The van der Waals surface area contributed by atoms with Gasteiger partial charge in [-0.1, -0.05) is 0 Å². The number of hydrogen-bond donors (Lipinski definition) is 3. The summed E-state index contributed by atoms with van der Waals surface area (Å²) in [6, 6.07) is 4.53. The number of imidazole rings is 1. The van der Waals surface area contributed by atoms with Crippen LogP contribution in [0.15, 0.2) is 18.5 Å². The largest absolute Gasteiger partial charge is 0.346 e. The van der Waals surface area contributed by atoms with Crippen molar-refractivity contribution in [1.82, 2.24) is 30.2 Å². The molecule has 2 amide bonds. The summed E-state index contributed by atoms with van der Waals surface area (Å²) in [6.45, 7) is 4.23. The Balaban J connectivity index is 1.68. The molecule has 3 heterocycles. The van der Waals surface area contributed by atoms with E-state index in [0.717, 1.165) is 53.6 Å². The monoisotopic (exact) mass is 393 g/mol. The van der Waals surface area contributed by atoms with E-state index in [-0.39, 0.29) is 12.1 Å². The molecular weight excluding hydrogens is 366 g/mol. The molecule has 3 aromatic heterocycles. The number of aromatic nitrogens is 4. The molecule has 0 radical (unpaired) electrons. The number of fused-ring (bicyclic) bond motifs is 3. The number of H-pyrrole nitrogens is 1. The van der Waals surface area contributed by atoms with Crippen molar-refractivity contribution >= 4 is 28.1 Å². The lowest BCUT2D eigenvalue weighted by molar-refractivity contribution is 0.237. The lowest BCUT2D eigenvalue weighted by Gasteiger charge is -2.30. The highest BCUT2D eigenvalue weighted by Crippen LogP contribution is 2.37. The fourth-order valence-electron chi connectivity index (χ4n) is 4.37. The number of nitrogens with zero attached hydrogens (tertiary/aromatic N) is 4. The average Bonchev–Trinajstić information content (AvgIpc) is 3.30. The molecule has 0 bridgehead atoms. The zero-order chi connectivity index (χ0) is 20.4. The van der Waals surface area contributed by atoms with Gasteiger partial charge in [0.15, 0.2) is 0 Å². The van der Waals surface area contributed by atoms with Crippen molar-refractivity contribution in [3.63, 3.8) is 0 Å². The molecule has 1 saturated carbocycles. The molecule has 1 aliphatic carbocycles. The first-order valence-electron chi connectivity index (χ1n) is 10.3. The summed E-state index contributed by atoms with van der Waals surface area (Å²) in [7, 11) is 0. The highest BCUT2D eigenvalue weighted by Gasteiger charge is 2.27. The summed E-state index contributed by atoms with van der Waals surface area (Å²) in [5.41, 5.74) is 2.76. The third-order valence-corrected chi connectivity index (χ3v) is 5.70. The molecule has 4 rings (SSSR count). The highest BCUT2D eigenvalue weighted by molar-refractivity contribution is 6.01. The predicted molar refractivity (Wildman–Crippen MR) is 111 cm³/mol. The van der Waals surface area contributed by atoms with Crippen LogP contribution in [-0.4, -0.2) is 31.6 Å². The number of nitriles is 1. The van der Waals surface area contributed by atoms with Gasteiger partial charge in [0.05, 0.1) is 24.3 Å². The molecule has 1 fully saturated rings. The Morgan fingerprint density at radius 3 is 2.90 bits per heavy atom. The van der Waals surface area contributed by atoms with E-state index < -0.39 is 0 Å². The van der Waals surface area contributed by atoms with Gasteiger partial charge in [-0.3, -0.25) is 0 Å². The number of pyridine rings is 1. The van der Waals surface area contributed by atoms with Gasteiger partial charge >= 0.3 is 6.03 Å². The van der Waals surface area contributed by atoms with Crippen LogP contribution in [0.5, 0.6) is 0 Å². The normalized spacial score (nSPS) is 19.5. The van der Waals surface area contributed by atoms with Gasteiger partial charge in [-0.15, -0.1) is 0 Å². The molecule has 0 saturated heterocycles. The molecule has 0 aromatic carbocycles. The molecule has 152 valence electrons. The van der Waals surface area contributed by atoms with Crippen molar-refractivity contribution in [3.05, 3.63) is 24.3 Å². The Morgan fingerprint density at radius 2 is 2.17 bits per heavy atom. The number of carbonyl (C=O) groups excluding carboxylic acids is 1. The molecule has 0 spiro atoms. The maximum atomic E-state index is 12.1. The number of urea groups is 1. The molecule has 8 nitrogen and oxygen atoms in total. The topological polar surface area (TPSA) is 111 Å². The standard InChI is InChI=1S/C21H27N7O/c1-13(2)26-21(29)25-12-18-27-17-11-24-20-16(8-10-23-20)19(17)28(18)15-5-3-14(4-6-15)7-9-22/h8,10-11,13-15H,3-7,12H2,1-2H3,(H,23,24)(H2,25,26,29)/t14-,15-. The van der Waals surface area contributed by atoms with Crippen LogP contribution in [0.3, 0.4) is 0 Å². The Labute approximate surface area is 169 Å². The van der Waals surface area contributed by atoms with Crippen molar-refractivity contribution in [1.29, 1.82) is 5.26 Å². The van der Waals surface area contributed by atoms with Crippen molar-refractivity contribution in [3.8, 4) is 6.07 Å². The van der Waals surface area contributed by atoms with E-state index in [1.165, 1.54) is 0 Å². The van der Waals surface area contributed by atoms with Gasteiger partial charge in [-0.2, -0.15) is 5.26 Å². The first kappa shape index (κ1) is 19.2. The van der Waals surface area contributed by atoms with E-state index in [2.05, 4.69) is 31.2 Å². The Kier molecular flexibility index (Phi) is 5.38. The highest BCUT2D eigenvalue weighted by atomic mass is 16.2. The van der Waals surface area contributed by atoms with Crippen LogP contribution < -0.4 is 10.6 Å². The van der Waals surface area contributed by atoms with Crippen molar-refractivity contribution in [2.24, 2.45) is 5.92 Å². The predicted octanol–water partition coefficient (Wildman–Crippen LogP) is 3.77. The molecule has 3 aromatic rings. The molecule has 0 aliphatic heterocycles. The zero-order valence-corrected chi connectivity index (χ0v) is 16.9. The SMILES string of the molecule is CC(C)NC(=O)NCc1nc2cnc3[nH]ccc3c2n1[C@H]1CC[C@H](CC#N)CC1. The average molecular weight is 393 g/mol. The molecule has 0 unspecified atom stereocenters. The van der Waals surface area contributed by atoms with Crippen LogP contribution >= 0.6 is 0 Å². The second kappa shape index (κ2) is 8.11. The third-order valence-electron chi connectivity index (χ3n) is 5.70. The summed E-state index contributed by atoms with van der Waals surface area (Å²) in [5, 5.41) is 15.9. The van der Waals surface area contributed by atoms with Crippen molar-refractivity contribution < 1.29 is 4.79 Å². The summed E-state index contributed by atoms with van der Waals surface area (Å²) in [4.78, 5) is 24.6. The van der Waals surface area contributed by atoms with Gasteiger partial charge < -0.3 is 20.2 Å². The number of hydrogen-bond acceptors (Lipinski definition) is 4. The maximum absolute atomic E-state index is 12.1. The van der Waals surface area contributed by atoms with Gasteiger partial charge in [-0.25, -0.2) is 14.8 Å². The van der Waals surface area contributed by atoms with Gasteiger partial charge in [0.25, 0.3) is 0 Å². The first-order chi connectivity index (χ1) is 14.1. The Bertz CT molecular complexity index is 1050. The van der Waals surface area contributed by atoms with Crippen LogP contribution in [-0.2, 0) is 6.54 Å². The van der Waals surface area contributed by atoms with E-state index in [4.69, 9.17) is 10.2 Å². The zero-order valence-electron chi connectivity index (χ0n) is 16.9. The smallest absolute Gasteiger partial charge is 0.315 e. The lowest BCUT2D eigenvalue weighted by atomic mass is 9.84. The van der Waals surface area contributed by atoms with Crippen molar-refractivity contribution in [2.45, 2.75) is 64.6 Å². The number of rotatable bonds is 5. The van der Waals surface area contributed by atoms with Crippen LogP contribution in [0.2, 0.25) is 0 Å². The number of aromatic amines is 1. The fourth-order valence-corrected chi connectivity index (χ4v) is 4.37. The molecule has 3 N–H and O–H groups in total. The van der Waals surface area contributed by atoms with E-state index in [1.807, 2.05) is 26.1 Å². The number of amides is 2. The summed E-state index contributed by atoms with van der Waals surface area (Å²) >= 11 is 0. The van der Waals surface area contributed by atoms with Crippen molar-refractivity contribution in [2.75, 3.05) is 0 Å². The van der Waals surface area contributed by atoms with Crippen LogP contribution in [0.1, 0.15) is 57.8 Å². The molecule has 1 aliphatic rings. The minimum Gasteiger partial charge on any atom is -0.346 e. The van der Waals surface area contributed by atoms with Crippen LogP contribution in [0.4, 0.5) is 4.79 Å². The minimum atomic E-state index is -0.193. The Hall–Kier alpha value is -3.08. The second-order valence-electron chi connectivity index (χ2n) is 8.15. The van der Waals surface area contributed by atoms with E-state index in [0.29, 0.717) is 24.9 Å². The minimum absolute atomic E-state index is 0.0768. The van der Waals surface area contributed by atoms with Gasteiger partial charge in [-0.05, 0) is 51.5 Å². The summed E-state index contributed by atoms with van der Waals surface area (Å²) in [6.07, 6.45) is 8.43. The Morgan fingerprint density at radius 1 is 1.38 bits per heavy atom. The van der Waals surface area contributed by atoms with Crippen LogP contribution in [0.25, 0.3) is 22.1 Å². The molecule has 8 heteroatoms. The second-order valence-corrected chi connectivity index (χ2v) is 8.15. The van der Waals surface area contributed by atoms with E-state index in [1.54, 1.807) is 6.20 Å².